The normalized spacial score (nSPS) is 11.1. The summed E-state index contributed by atoms with van der Waals surface area (Å²) < 4.78 is 58.3. The van der Waals surface area contributed by atoms with Crippen LogP contribution >= 0.6 is 11.6 Å². The fourth-order valence-corrected chi connectivity index (χ4v) is 7.72. The van der Waals surface area contributed by atoms with Gasteiger partial charge in [0.25, 0.3) is 21.5 Å². The van der Waals surface area contributed by atoms with E-state index in [4.69, 9.17) is 24.2 Å². The zero-order valence-corrected chi connectivity index (χ0v) is 41.4. The van der Waals surface area contributed by atoms with Crippen LogP contribution in [0.15, 0.2) is 159 Å². The van der Waals surface area contributed by atoms with Gasteiger partial charge >= 0.3 is 10.6 Å². The first-order valence-corrected chi connectivity index (χ1v) is 23.4. The number of fused-ring (bicyclic) bond motifs is 3. The van der Waals surface area contributed by atoms with Crippen LogP contribution in [-0.4, -0.2) is 70.8 Å². The molecule has 0 aliphatic carbocycles. The Hall–Kier alpha value is -9.30. The van der Waals surface area contributed by atoms with Gasteiger partial charge in [0.05, 0.1) is 9.85 Å². The number of aromatic hydroxyl groups is 4. The number of anilines is 4. The van der Waals surface area contributed by atoms with Crippen molar-refractivity contribution in [1.82, 2.24) is 15.0 Å². The van der Waals surface area contributed by atoms with Gasteiger partial charge < -0.3 is 31.1 Å². The number of phenolic OH excluding ortho intramolecular Hbond substituents is 4. The fraction of sp³-hybridized carbons (Fsp3) is 0.0217. The van der Waals surface area contributed by atoms with Crippen LogP contribution in [0.2, 0.25) is 5.28 Å². The first-order chi connectivity index (χ1) is 35.1. The summed E-state index contributed by atoms with van der Waals surface area (Å²) in [5.41, 5.74) is 1.68. The van der Waals surface area contributed by atoms with Crippen LogP contribution in [0.3, 0.4) is 0 Å². The Morgan fingerprint density at radius 2 is 1.11 bits per heavy atom. The number of hydrogen-bond donors (Lipinski definition) is 7. The van der Waals surface area contributed by atoms with Crippen molar-refractivity contribution in [2.75, 3.05) is 10.6 Å². The summed E-state index contributed by atoms with van der Waals surface area (Å²) >= 11 is 6.11. The van der Waals surface area contributed by atoms with Crippen molar-refractivity contribution < 1.29 is 73.2 Å². The Morgan fingerprint density at radius 1 is 0.573 bits per heavy atom. The average molecular weight is 1110 g/mol. The standard InChI is InChI=1S/C26H19ClN8O4.C20H13N3O7S.Cr.O3S/c1-14-2-6-16(7-3-14)28-25-30-24(27)31-26(32-25)29-17-8-4-15-5-10-20(23(37)19(15)12-17)33-34-21-13-18(35(38)39)9-11-22(21)36;24-16-8-5-11-3-1-2-4-13(11)19(16)21-22-20-14-7-6-12(23(26)27)9-15(14)18(10-17(20)25)31(28,29)30;;1-4(2)3/h2-13,36-37H,1H3,(H2,28,29,30,31,32);1-10,24-25H,(H,28,29,30);;. The van der Waals surface area contributed by atoms with Gasteiger partial charge in [0.1, 0.15) is 44.9 Å². The van der Waals surface area contributed by atoms with Gasteiger partial charge in [0.2, 0.25) is 17.2 Å². The first-order valence-electron chi connectivity index (χ1n) is 20.6. The Kier molecular flexibility index (Phi) is 17.2. The van der Waals surface area contributed by atoms with Crippen molar-refractivity contribution in [3.8, 4) is 23.0 Å². The van der Waals surface area contributed by atoms with E-state index in [1.807, 2.05) is 31.2 Å². The summed E-state index contributed by atoms with van der Waals surface area (Å²) in [5, 5.41) is 87.8. The van der Waals surface area contributed by atoms with Gasteiger partial charge in [0, 0.05) is 80.6 Å². The number of aryl methyl sites for hydroxylation is 1. The third-order valence-corrected chi connectivity index (χ3v) is 11.3. The molecular formula is C46H32ClCrN11O14S2. The minimum absolute atomic E-state index is 0. The number of hydrogen-bond acceptors (Lipinski definition) is 22. The number of aromatic nitrogens is 3. The zero-order chi connectivity index (χ0) is 53.4. The van der Waals surface area contributed by atoms with Crippen molar-refractivity contribution in [3.63, 3.8) is 0 Å². The summed E-state index contributed by atoms with van der Waals surface area (Å²) in [4.78, 5) is 32.7. The van der Waals surface area contributed by atoms with Crippen LogP contribution in [0.4, 0.5) is 57.4 Å². The largest absolute Gasteiger partial charge is 0.506 e. The van der Waals surface area contributed by atoms with Gasteiger partial charge in [-0.2, -0.15) is 23.4 Å². The SMILES string of the molecule is Cc1ccc(Nc2nc(Cl)nc(Nc3ccc4ccc(N=Nc5cc([N+](=O)[O-])ccc5O)c(O)c4c3)n2)cc1.O=S(=O)=O.O=[N+]([O-])c1ccc2c(N=Nc3c(O)ccc4ccccc34)c(O)cc(S(=O)(=O)O)c2c1.[Cr]. The van der Waals surface area contributed by atoms with Crippen LogP contribution < -0.4 is 10.6 Å². The second kappa shape index (κ2) is 23.5. The molecule has 9 rings (SSSR count). The molecule has 1 heterocycles. The van der Waals surface area contributed by atoms with E-state index in [-0.39, 0.29) is 91.0 Å². The number of azo groups is 2. The number of nitro groups is 2. The number of nitrogens with one attached hydrogen (secondary N) is 2. The molecule has 0 spiro atoms. The van der Waals surface area contributed by atoms with E-state index in [1.165, 1.54) is 18.2 Å². The molecule has 0 radical (unpaired) electrons. The molecule has 0 saturated carbocycles. The molecule has 7 N–H and O–H groups in total. The average Bonchev–Trinajstić information content (AvgIpc) is 3.34. The first kappa shape index (κ1) is 55.0. The van der Waals surface area contributed by atoms with Gasteiger partial charge in [0.15, 0.2) is 5.75 Å². The number of benzene rings is 8. The van der Waals surface area contributed by atoms with Crippen molar-refractivity contribution in [3.05, 3.63) is 165 Å². The minimum Gasteiger partial charge on any atom is -0.506 e. The van der Waals surface area contributed by atoms with Crippen molar-refractivity contribution in [2.24, 2.45) is 20.5 Å². The molecule has 0 saturated heterocycles. The van der Waals surface area contributed by atoms with Gasteiger partial charge in [-0.25, -0.2) is 0 Å². The van der Waals surface area contributed by atoms with Crippen molar-refractivity contribution in [1.29, 1.82) is 0 Å². The second-order valence-electron chi connectivity index (χ2n) is 15.1. The molecule has 0 unspecified atom stereocenters. The molecule has 380 valence electrons. The molecule has 9 aromatic rings. The maximum Gasteiger partial charge on any atom is 0.425 e. The van der Waals surface area contributed by atoms with E-state index in [9.17, 15) is 53.6 Å². The molecule has 0 bridgehead atoms. The van der Waals surface area contributed by atoms with Gasteiger partial charge in [-0.05, 0) is 77.8 Å². The number of nitro benzene ring substituents is 2. The molecule has 25 nitrogen and oxygen atoms in total. The smallest absolute Gasteiger partial charge is 0.425 e. The zero-order valence-electron chi connectivity index (χ0n) is 37.7. The van der Waals surface area contributed by atoms with E-state index < -0.39 is 46.9 Å². The Bertz CT molecular complexity index is 4010. The Morgan fingerprint density at radius 3 is 1.76 bits per heavy atom. The van der Waals surface area contributed by atoms with Crippen LogP contribution in [0.5, 0.6) is 23.0 Å². The topological polar surface area (TPSA) is 385 Å². The molecule has 8 aromatic carbocycles. The van der Waals surface area contributed by atoms with Crippen LogP contribution in [0.1, 0.15) is 5.56 Å². The van der Waals surface area contributed by atoms with E-state index in [0.717, 1.165) is 53.0 Å². The summed E-state index contributed by atoms with van der Waals surface area (Å²) in [6.07, 6.45) is 0. The maximum atomic E-state index is 11.7. The summed E-state index contributed by atoms with van der Waals surface area (Å²) in [5.74, 6) is -0.838. The molecule has 75 heavy (non-hydrogen) atoms. The summed E-state index contributed by atoms with van der Waals surface area (Å²) in [7, 11) is -7.92. The van der Waals surface area contributed by atoms with Gasteiger partial charge in [-0.3, -0.25) is 24.8 Å². The fourth-order valence-electron chi connectivity index (χ4n) is 6.85. The van der Waals surface area contributed by atoms with E-state index >= 15 is 0 Å². The molecule has 0 aliphatic rings. The maximum absolute atomic E-state index is 11.7. The predicted octanol–water partition coefficient (Wildman–Crippen LogP) is 11.2. The number of non-ortho nitro benzene ring substituents is 2. The van der Waals surface area contributed by atoms with Crippen molar-refractivity contribution >= 4 is 122 Å². The molecule has 0 atom stereocenters. The van der Waals surface area contributed by atoms with Crippen LogP contribution in [0, 0.1) is 27.2 Å². The number of rotatable bonds is 11. The molecule has 1 aromatic heterocycles. The monoisotopic (exact) mass is 1110 g/mol. The van der Waals surface area contributed by atoms with Gasteiger partial charge in [-0.1, -0.05) is 60.2 Å². The summed E-state index contributed by atoms with van der Waals surface area (Å²) in [6.45, 7) is 1.99. The van der Waals surface area contributed by atoms with E-state index in [1.54, 1.807) is 54.6 Å². The van der Waals surface area contributed by atoms with Crippen LogP contribution in [0.25, 0.3) is 32.3 Å². The third kappa shape index (κ3) is 13.6. The number of nitrogens with zero attached hydrogens (tertiary/aromatic N) is 9. The third-order valence-electron chi connectivity index (χ3n) is 10.2. The molecule has 0 fully saturated rings. The predicted molar refractivity (Wildman–Crippen MR) is 269 cm³/mol. The number of phenols is 4. The minimum atomic E-state index is -4.81. The van der Waals surface area contributed by atoms with E-state index in [0.29, 0.717) is 21.8 Å². The van der Waals surface area contributed by atoms with Gasteiger partial charge in [-0.15, -0.1) is 33.1 Å². The molecular weight excluding hydrogens is 1080 g/mol. The summed E-state index contributed by atoms with van der Waals surface area (Å²) in [6, 6.07) is 33.7. The molecule has 29 heteroatoms. The van der Waals surface area contributed by atoms with E-state index in [2.05, 4.69) is 46.0 Å². The van der Waals surface area contributed by atoms with Crippen molar-refractivity contribution in [2.45, 2.75) is 11.8 Å². The number of halogens is 1. The molecule has 0 aliphatic heterocycles. The molecule has 0 amide bonds. The quantitative estimate of drug-likeness (QED) is 0.0274. The Labute approximate surface area is 438 Å². The van der Waals surface area contributed by atoms with Crippen LogP contribution in [-0.2, 0) is 38.1 Å². The second-order valence-corrected chi connectivity index (χ2v) is 17.3. The Balaban J connectivity index is 0.000000230.